The van der Waals surface area contributed by atoms with Gasteiger partial charge in [-0.2, -0.15) is 0 Å². The van der Waals surface area contributed by atoms with Crippen LogP contribution >= 0.6 is 0 Å². The lowest BCUT2D eigenvalue weighted by atomic mass is 9.82. The maximum absolute atomic E-state index is 13.4. The van der Waals surface area contributed by atoms with Crippen LogP contribution in [0.25, 0.3) is 12.2 Å². The Bertz CT molecular complexity index is 1790. The van der Waals surface area contributed by atoms with Gasteiger partial charge in [0.1, 0.15) is 11.5 Å². The number of hydrogen-bond donors (Lipinski definition) is 4. The molecule has 59 heavy (non-hydrogen) atoms. The number of ether oxygens (including phenoxy) is 4. The van der Waals surface area contributed by atoms with Crippen molar-refractivity contribution in [2.75, 3.05) is 37.9 Å². The molecule has 2 fully saturated rings. The SMILES string of the molecule is CCCCOC1CCC(COc2ccc(/C=C/C(=O)CC(c3ccc(N)cc3N)C(O)(O)C(=O)/C=C/c3ccc(OCC4CCC(OCCCC)CC4)cc3)cc2)CC1. The Morgan fingerprint density at radius 1 is 0.695 bits per heavy atom. The normalized spacial score (nSPS) is 20.5. The number of benzene rings is 3. The van der Waals surface area contributed by atoms with E-state index in [4.69, 9.17) is 30.4 Å². The van der Waals surface area contributed by atoms with E-state index >= 15 is 0 Å². The molecule has 0 aromatic heterocycles. The minimum Gasteiger partial charge on any atom is -0.493 e. The van der Waals surface area contributed by atoms with E-state index in [1.807, 2.05) is 36.4 Å². The summed E-state index contributed by atoms with van der Waals surface area (Å²) in [5.41, 5.74) is 14.3. The monoisotopic (exact) mass is 810 g/mol. The molecule has 10 heteroatoms. The van der Waals surface area contributed by atoms with Crippen molar-refractivity contribution in [3.8, 4) is 11.5 Å². The number of carbonyl (C=O) groups excluding carboxylic acids is 2. The van der Waals surface area contributed by atoms with Crippen molar-refractivity contribution < 1.29 is 38.7 Å². The van der Waals surface area contributed by atoms with Gasteiger partial charge in [-0.25, -0.2) is 0 Å². The van der Waals surface area contributed by atoms with Crippen molar-refractivity contribution >= 4 is 35.1 Å². The molecular weight excluding hydrogens is 745 g/mol. The Morgan fingerprint density at radius 3 is 1.63 bits per heavy atom. The van der Waals surface area contributed by atoms with E-state index in [9.17, 15) is 19.8 Å². The fraction of sp³-hybridized carbons (Fsp3) is 0.510. The van der Waals surface area contributed by atoms with Crippen molar-refractivity contribution in [1.29, 1.82) is 0 Å². The second-order valence-electron chi connectivity index (χ2n) is 16.4. The molecule has 0 bridgehead atoms. The molecule has 3 aromatic carbocycles. The number of ketones is 2. The Balaban J connectivity index is 1.13. The maximum Gasteiger partial charge on any atom is 0.235 e. The van der Waals surface area contributed by atoms with Crippen LogP contribution in [0.15, 0.2) is 78.9 Å². The van der Waals surface area contributed by atoms with Gasteiger partial charge < -0.3 is 40.6 Å². The lowest BCUT2D eigenvalue weighted by molar-refractivity contribution is -0.187. The Labute approximate surface area is 351 Å². The minimum absolute atomic E-state index is 0.143. The average Bonchev–Trinajstić information content (AvgIpc) is 3.24. The maximum atomic E-state index is 13.4. The molecule has 10 nitrogen and oxygen atoms in total. The van der Waals surface area contributed by atoms with Crippen LogP contribution in [0, 0.1) is 11.8 Å². The van der Waals surface area contributed by atoms with Crippen LogP contribution in [0.4, 0.5) is 11.4 Å². The first-order valence-electron chi connectivity index (χ1n) is 21.8. The fourth-order valence-electron chi connectivity index (χ4n) is 7.80. The van der Waals surface area contributed by atoms with Crippen molar-refractivity contribution in [3.63, 3.8) is 0 Å². The standard InChI is InChI=1S/C49H66N2O8/c1-3-5-29-56-41-23-12-37(13-24-41)33-58-43-19-8-35(9-20-43)7-18-40(52)32-46(45-27-17-39(50)31-47(45)51)49(54,55)48(53)28-16-36-10-21-44(22-11-36)59-34-38-14-25-42(26-15-38)57-30-6-4-2/h7-11,16-22,27-28,31,37-38,41-42,46,54-55H,3-6,12-15,23-26,29-30,32-34,50-51H2,1-2H3/b18-7+,28-16+. The van der Waals surface area contributed by atoms with Crippen molar-refractivity contribution in [2.45, 2.75) is 121 Å². The van der Waals surface area contributed by atoms with Crippen LogP contribution in [0.1, 0.15) is 120 Å². The number of aliphatic hydroxyl groups is 2. The summed E-state index contributed by atoms with van der Waals surface area (Å²) in [6.45, 7) is 7.32. The highest BCUT2D eigenvalue weighted by Crippen LogP contribution is 2.36. The van der Waals surface area contributed by atoms with Gasteiger partial charge in [-0.15, -0.1) is 0 Å². The number of anilines is 2. The summed E-state index contributed by atoms with van der Waals surface area (Å²) >= 11 is 0. The summed E-state index contributed by atoms with van der Waals surface area (Å²) in [6.07, 6.45) is 19.1. The summed E-state index contributed by atoms with van der Waals surface area (Å²) in [5, 5.41) is 22.8. The molecule has 2 aliphatic rings. The number of nitrogen functional groups attached to an aromatic ring is 2. The molecule has 0 radical (unpaired) electrons. The van der Waals surface area contributed by atoms with Gasteiger partial charge in [0.25, 0.3) is 0 Å². The van der Waals surface area contributed by atoms with Gasteiger partial charge in [0.05, 0.1) is 31.3 Å². The van der Waals surface area contributed by atoms with Crippen LogP contribution in [-0.4, -0.2) is 66.2 Å². The van der Waals surface area contributed by atoms with E-state index in [1.54, 1.807) is 24.3 Å². The third kappa shape index (κ3) is 14.6. The Hall–Kier alpha value is -4.48. The summed E-state index contributed by atoms with van der Waals surface area (Å²) in [5.74, 6) is -3.27. The summed E-state index contributed by atoms with van der Waals surface area (Å²) < 4.78 is 24.1. The molecule has 320 valence electrons. The number of hydrogen-bond acceptors (Lipinski definition) is 10. The zero-order valence-electron chi connectivity index (χ0n) is 35.1. The van der Waals surface area contributed by atoms with E-state index in [2.05, 4.69) is 13.8 Å². The second kappa shape index (κ2) is 23.3. The lowest BCUT2D eigenvalue weighted by Crippen LogP contribution is -2.44. The highest BCUT2D eigenvalue weighted by atomic mass is 16.5. The summed E-state index contributed by atoms with van der Waals surface area (Å²) in [6, 6.07) is 19.2. The van der Waals surface area contributed by atoms with E-state index in [0.717, 1.165) is 113 Å². The number of allylic oxidation sites excluding steroid dienone is 1. The smallest absolute Gasteiger partial charge is 0.235 e. The predicted molar refractivity (Wildman–Crippen MR) is 235 cm³/mol. The molecule has 0 spiro atoms. The van der Waals surface area contributed by atoms with Gasteiger partial charge in [0.2, 0.25) is 11.6 Å². The van der Waals surface area contributed by atoms with Crippen LogP contribution in [0.5, 0.6) is 11.5 Å². The van der Waals surface area contributed by atoms with Crippen molar-refractivity contribution in [2.24, 2.45) is 11.8 Å². The van der Waals surface area contributed by atoms with E-state index < -0.39 is 29.7 Å². The molecule has 1 atom stereocenters. The third-order valence-electron chi connectivity index (χ3n) is 11.7. The largest absolute Gasteiger partial charge is 0.493 e. The van der Waals surface area contributed by atoms with Gasteiger partial charge >= 0.3 is 0 Å². The van der Waals surface area contributed by atoms with E-state index in [-0.39, 0.29) is 11.3 Å². The number of rotatable bonds is 23. The van der Waals surface area contributed by atoms with Crippen LogP contribution < -0.4 is 20.9 Å². The van der Waals surface area contributed by atoms with Crippen molar-refractivity contribution in [3.05, 3.63) is 95.6 Å². The number of unbranched alkanes of at least 4 members (excludes halogenated alkanes) is 2. The summed E-state index contributed by atoms with van der Waals surface area (Å²) in [7, 11) is 0. The molecule has 2 aliphatic carbocycles. The highest BCUT2D eigenvalue weighted by molar-refractivity contribution is 6.01. The Morgan fingerprint density at radius 2 is 1.17 bits per heavy atom. The number of carbonyl (C=O) groups is 2. The van der Waals surface area contributed by atoms with Gasteiger partial charge in [0, 0.05) is 31.0 Å². The zero-order valence-corrected chi connectivity index (χ0v) is 35.1. The Kier molecular flexibility index (Phi) is 18.0. The van der Waals surface area contributed by atoms with E-state index in [1.165, 1.54) is 24.3 Å². The molecule has 2 saturated carbocycles. The molecule has 0 saturated heterocycles. The molecule has 1 unspecified atom stereocenters. The first-order valence-corrected chi connectivity index (χ1v) is 21.8. The molecule has 5 rings (SSSR count). The second-order valence-corrected chi connectivity index (χ2v) is 16.4. The predicted octanol–water partition coefficient (Wildman–Crippen LogP) is 9.08. The first-order chi connectivity index (χ1) is 28.5. The van der Waals surface area contributed by atoms with E-state index in [0.29, 0.717) is 48.5 Å². The molecular formula is C49H66N2O8. The topological polar surface area (TPSA) is 164 Å². The molecule has 6 N–H and O–H groups in total. The van der Waals surface area contributed by atoms with Gasteiger partial charge in [0.15, 0.2) is 5.78 Å². The van der Waals surface area contributed by atoms with Gasteiger partial charge in [-0.1, -0.05) is 69.2 Å². The molecule has 0 aliphatic heterocycles. The lowest BCUT2D eigenvalue weighted by Gasteiger charge is -2.30. The molecule has 3 aromatic rings. The van der Waals surface area contributed by atoms with Gasteiger partial charge in [-0.05, 0) is 141 Å². The first kappa shape index (κ1) is 45.6. The average molecular weight is 811 g/mol. The summed E-state index contributed by atoms with van der Waals surface area (Å²) in [4.78, 5) is 26.8. The molecule has 0 amide bonds. The van der Waals surface area contributed by atoms with Crippen LogP contribution in [-0.2, 0) is 19.1 Å². The minimum atomic E-state index is -2.95. The van der Waals surface area contributed by atoms with Crippen molar-refractivity contribution in [1.82, 2.24) is 0 Å². The fourth-order valence-corrected chi connectivity index (χ4v) is 7.80. The molecule has 0 heterocycles. The van der Waals surface area contributed by atoms with Gasteiger partial charge in [-0.3, -0.25) is 9.59 Å². The van der Waals surface area contributed by atoms with Crippen LogP contribution in [0.3, 0.4) is 0 Å². The van der Waals surface area contributed by atoms with Crippen LogP contribution in [0.2, 0.25) is 0 Å². The number of nitrogens with two attached hydrogens (primary N) is 2. The highest BCUT2D eigenvalue weighted by Gasteiger charge is 2.43. The zero-order chi connectivity index (χ0) is 42.0. The quantitative estimate of drug-likeness (QED) is 0.0315. The third-order valence-corrected chi connectivity index (χ3v) is 11.7.